The summed E-state index contributed by atoms with van der Waals surface area (Å²) in [5.41, 5.74) is 2.31. The van der Waals surface area contributed by atoms with Gasteiger partial charge in [-0.2, -0.15) is 5.10 Å². The topological polar surface area (TPSA) is 44.1 Å². The maximum Gasteiger partial charge on any atom is 0.338 e. The van der Waals surface area contributed by atoms with E-state index in [4.69, 9.17) is 4.74 Å². The van der Waals surface area contributed by atoms with E-state index in [2.05, 4.69) is 5.10 Å². The second-order valence-corrected chi connectivity index (χ2v) is 3.48. The van der Waals surface area contributed by atoms with E-state index in [0.717, 1.165) is 16.5 Å². The van der Waals surface area contributed by atoms with Gasteiger partial charge in [-0.05, 0) is 18.6 Å². The SMILES string of the molecule is COC(=O)c1c(C)ccc2nn(C)cc12. The highest BCUT2D eigenvalue weighted by Gasteiger charge is 2.15. The van der Waals surface area contributed by atoms with Crippen molar-refractivity contribution in [3.05, 3.63) is 29.5 Å². The molecule has 0 radical (unpaired) electrons. The molecule has 0 saturated heterocycles. The lowest BCUT2D eigenvalue weighted by Crippen LogP contribution is -2.04. The Labute approximate surface area is 87.5 Å². The van der Waals surface area contributed by atoms with E-state index in [9.17, 15) is 4.79 Å². The molecule has 78 valence electrons. The van der Waals surface area contributed by atoms with Gasteiger partial charge in [-0.1, -0.05) is 6.07 Å². The quantitative estimate of drug-likeness (QED) is 0.664. The summed E-state index contributed by atoms with van der Waals surface area (Å²) in [6, 6.07) is 3.78. The number of fused-ring (bicyclic) bond motifs is 1. The van der Waals surface area contributed by atoms with E-state index in [-0.39, 0.29) is 5.97 Å². The fourth-order valence-corrected chi connectivity index (χ4v) is 1.69. The second-order valence-electron chi connectivity index (χ2n) is 3.48. The summed E-state index contributed by atoms with van der Waals surface area (Å²) in [4.78, 5) is 11.6. The van der Waals surface area contributed by atoms with Crippen LogP contribution < -0.4 is 0 Å². The van der Waals surface area contributed by atoms with Gasteiger partial charge in [-0.15, -0.1) is 0 Å². The van der Waals surface area contributed by atoms with Gasteiger partial charge in [-0.3, -0.25) is 4.68 Å². The Morgan fingerprint density at radius 3 is 2.87 bits per heavy atom. The molecule has 1 aromatic heterocycles. The molecule has 0 saturated carbocycles. The summed E-state index contributed by atoms with van der Waals surface area (Å²) in [7, 11) is 3.22. The molecule has 1 aromatic carbocycles. The number of hydrogen-bond acceptors (Lipinski definition) is 3. The van der Waals surface area contributed by atoms with Gasteiger partial charge in [-0.25, -0.2) is 4.79 Å². The van der Waals surface area contributed by atoms with Gasteiger partial charge in [0.2, 0.25) is 0 Å². The molecule has 2 rings (SSSR count). The van der Waals surface area contributed by atoms with Crippen molar-refractivity contribution in [3.63, 3.8) is 0 Å². The lowest BCUT2D eigenvalue weighted by atomic mass is 10.0. The third kappa shape index (κ3) is 1.48. The highest BCUT2D eigenvalue weighted by molar-refractivity contribution is 6.04. The first-order valence-corrected chi connectivity index (χ1v) is 4.64. The first-order chi connectivity index (χ1) is 7.13. The maximum atomic E-state index is 11.6. The second kappa shape index (κ2) is 3.38. The lowest BCUT2D eigenvalue weighted by Gasteiger charge is -2.03. The van der Waals surface area contributed by atoms with Crippen LogP contribution in [0, 0.1) is 6.92 Å². The Kier molecular flexibility index (Phi) is 2.19. The maximum absolute atomic E-state index is 11.6. The molecule has 1 heterocycles. The van der Waals surface area contributed by atoms with Crippen LogP contribution in [0.2, 0.25) is 0 Å². The largest absolute Gasteiger partial charge is 0.465 e. The summed E-state index contributed by atoms with van der Waals surface area (Å²) in [6.45, 7) is 1.89. The molecule has 0 aliphatic rings. The number of rotatable bonds is 1. The van der Waals surface area contributed by atoms with E-state index in [1.807, 2.05) is 32.3 Å². The monoisotopic (exact) mass is 204 g/mol. The molecule has 2 aromatic rings. The summed E-state index contributed by atoms with van der Waals surface area (Å²) < 4.78 is 6.45. The first-order valence-electron chi connectivity index (χ1n) is 4.64. The van der Waals surface area contributed by atoms with Crippen LogP contribution in [-0.2, 0) is 11.8 Å². The zero-order chi connectivity index (χ0) is 11.0. The predicted octanol–water partition coefficient (Wildman–Crippen LogP) is 1.67. The molecule has 0 unspecified atom stereocenters. The van der Waals surface area contributed by atoms with Crippen LogP contribution in [0.5, 0.6) is 0 Å². The van der Waals surface area contributed by atoms with Crippen molar-refractivity contribution in [1.82, 2.24) is 9.78 Å². The lowest BCUT2D eigenvalue weighted by molar-refractivity contribution is 0.0602. The Morgan fingerprint density at radius 2 is 2.20 bits per heavy atom. The Morgan fingerprint density at radius 1 is 1.47 bits per heavy atom. The summed E-state index contributed by atoms with van der Waals surface area (Å²) in [5, 5.41) is 5.08. The van der Waals surface area contributed by atoms with E-state index in [1.165, 1.54) is 7.11 Å². The molecular weight excluding hydrogens is 192 g/mol. The molecule has 4 nitrogen and oxygen atoms in total. The van der Waals surface area contributed by atoms with Crippen LogP contribution in [0.1, 0.15) is 15.9 Å². The van der Waals surface area contributed by atoms with Crippen molar-refractivity contribution in [2.75, 3.05) is 7.11 Å². The molecule has 0 amide bonds. The number of hydrogen-bond donors (Lipinski definition) is 0. The number of nitrogens with zero attached hydrogens (tertiary/aromatic N) is 2. The minimum absolute atomic E-state index is 0.314. The highest BCUT2D eigenvalue weighted by Crippen LogP contribution is 2.21. The van der Waals surface area contributed by atoms with E-state index in [0.29, 0.717) is 5.56 Å². The number of aromatic nitrogens is 2. The van der Waals surface area contributed by atoms with Crippen molar-refractivity contribution in [1.29, 1.82) is 0 Å². The average Bonchev–Trinajstić information content (AvgIpc) is 2.57. The number of methoxy groups -OCH3 is 1. The normalized spacial score (nSPS) is 10.6. The zero-order valence-corrected chi connectivity index (χ0v) is 8.94. The molecular formula is C11H12N2O2. The van der Waals surface area contributed by atoms with Crippen LogP contribution in [0.15, 0.2) is 18.3 Å². The Bertz CT molecular complexity index is 529. The van der Waals surface area contributed by atoms with Crippen LogP contribution >= 0.6 is 0 Å². The van der Waals surface area contributed by atoms with Gasteiger partial charge >= 0.3 is 5.97 Å². The van der Waals surface area contributed by atoms with Crippen LogP contribution in [0.4, 0.5) is 0 Å². The molecule has 0 spiro atoms. The number of aryl methyl sites for hydroxylation is 2. The Hall–Kier alpha value is -1.84. The minimum atomic E-state index is -0.314. The molecule has 0 atom stereocenters. The summed E-state index contributed by atoms with van der Waals surface area (Å²) in [6.07, 6.45) is 1.83. The van der Waals surface area contributed by atoms with E-state index < -0.39 is 0 Å². The van der Waals surface area contributed by atoms with Gasteiger partial charge in [0, 0.05) is 18.6 Å². The van der Waals surface area contributed by atoms with Crippen molar-refractivity contribution < 1.29 is 9.53 Å². The van der Waals surface area contributed by atoms with Gasteiger partial charge in [0.1, 0.15) is 0 Å². The first kappa shape index (κ1) is 9.71. The number of carbonyl (C=O) groups is 1. The standard InChI is InChI=1S/C11H12N2O2/c1-7-4-5-9-8(6-13(2)12-9)10(7)11(14)15-3/h4-6H,1-3H3. The third-order valence-electron chi connectivity index (χ3n) is 2.40. The van der Waals surface area contributed by atoms with E-state index in [1.54, 1.807) is 4.68 Å². The molecule has 4 heteroatoms. The van der Waals surface area contributed by atoms with Gasteiger partial charge in [0.05, 0.1) is 18.2 Å². The van der Waals surface area contributed by atoms with Crippen LogP contribution in [0.3, 0.4) is 0 Å². The summed E-state index contributed by atoms with van der Waals surface area (Å²) in [5.74, 6) is -0.314. The number of carbonyl (C=O) groups excluding carboxylic acids is 1. The fourth-order valence-electron chi connectivity index (χ4n) is 1.69. The summed E-state index contributed by atoms with van der Waals surface area (Å²) >= 11 is 0. The fraction of sp³-hybridized carbons (Fsp3) is 0.273. The van der Waals surface area contributed by atoms with Crippen LogP contribution in [0.25, 0.3) is 10.9 Å². The smallest absolute Gasteiger partial charge is 0.338 e. The van der Waals surface area contributed by atoms with E-state index >= 15 is 0 Å². The number of benzene rings is 1. The van der Waals surface area contributed by atoms with Crippen molar-refractivity contribution in [2.24, 2.45) is 7.05 Å². The number of esters is 1. The molecule has 0 aliphatic carbocycles. The third-order valence-corrected chi connectivity index (χ3v) is 2.40. The minimum Gasteiger partial charge on any atom is -0.465 e. The number of ether oxygens (including phenoxy) is 1. The van der Waals surface area contributed by atoms with Crippen molar-refractivity contribution in [3.8, 4) is 0 Å². The van der Waals surface area contributed by atoms with Gasteiger partial charge < -0.3 is 4.74 Å². The van der Waals surface area contributed by atoms with Crippen molar-refractivity contribution in [2.45, 2.75) is 6.92 Å². The Balaban J connectivity index is 2.78. The predicted molar refractivity (Wildman–Crippen MR) is 56.8 cm³/mol. The zero-order valence-electron chi connectivity index (χ0n) is 8.94. The molecule has 0 bridgehead atoms. The molecule has 0 fully saturated rings. The van der Waals surface area contributed by atoms with Crippen molar-refractivity contribution >= 4 is 16.9 Å². The van der Waals surface area contributed by atoms with Gasteiger partial charge in [0.25, 0.3) is 0 Å². The van der Waals surface area contributed by atoms with Crippen LogP contribution in [-0.4, -0.2) is 22.9 Å². The molecule has 0 aliphatic heterocycles. The average molecular weight is 204 g/mol. The highest BCUT2D eigenvalue weighted by atomic mass is 16.5. The molecule has 15 heavy (non-hydrogen) atoms. The molecule has 0 N–H and O–H groups in total. The van der Waals surface area contributed by atoms with Gasteiger partial charge in [0.15, 0.2) is 0 Å².